The van der Waals surface area contributed by atoms with E-state index in [1.165, 1.54) is 11.8 Å². The number of aliphatic hydroxyl groups is 1. The zero-order chi connectivity index (χ0) is 9.68. The Balaban J connectivity index is 2.41. The zero-order valence-corrected chi connectivity index (χ0v) is 8.59. The molecule has 0 unspecified atom stereocenters. The molecule has 1 saturated heterocycles. The predicted molar refractivity (Wildman–Crippen MR) is 54.5 cm³/mol. The van der Waals surface area contributed by atoms with Gasteiger partial charge in [-0.05, 0) is 24.5 Å². The van der Waals surface area contributed by atoms with Gasteiger partial charge in [-0.3, -0.25) is 4.79 Å². The Morgan fingerprint density at radius 1 is 1.69 bits per heavy atom. The van der Waals surface area contributed by atoms with E-state index in [2.05, 4.69) is 0 Å². The molecule has 1 fully saturated rings. The summed E-state index contributed by atoms with van der Waals surface area (Å²) in [6.45, 7) is 1.26. The molecule has 0 radical (unpaired) electrons. The molecule has 1 heterocycles. The molecular weight excluding hydrogens is 186 g/mol. The average molecular weight is 201 g/mol. The number of thioether (sulfide) groups is 1. The summed E-state index contributed by atoms with van der Waals surface area (Å²) in [5.41, 5.74) is 0. The van der Waals surface area contributed by atoms with E-state index in [1.807, 2.05) is 6.26 Å². The van der Waals surface area contributed by atoms with Crippen LogP contribution in [0.2, 0.25) is 0 Å². The van der Waals surface area contributed by atoms with Crippen molar-refractivity contribution in [3.63, 3.8) is 0 Å². The number of hydrogen-bond acceptors (Lipinski definition) is 3. The average Bonchev–Trinajstić information content (AvgIpc) is 2.14. The zero-order valence-electron chi connectivity index (χ0n) is 7.77. The highest BCUT2D eigenvalue weighted by Gasteiger charge is 2.19. The van der Waals surface area contributed by atoms with Crippen molar-refractivity contribution >= 4 is 17.7 Å². The third-order valence-corrected chi connectivity index (χ3v) is 2.46. The van der Waals surface area contributed by atoms with Gasteiger partial charge >= 0.3 is 0 Å². The van der Waals surface area contributed by atoms with Gasteiger partial charge in [-0.2, -0.15) is 0 Å². The van der Waals surface area contributed by atoms with Crippen LogP contribution in [0.4, 0.5) is 0 Å². The van der Waals surface area contributed by atoms with Crippen LogP contribution in [-0.4, -0.2) is 41.4 Å². The predicted octanol–water partition coefficient (Wildman–Crippen LogP) is 0.846. The molecule has 0 aromatic heterocycles. The number of likely N-dealkylation sites (tertiary alicyclic amines) is 1. The van der Waals surface area contributed by atoms with E-state index in [-0.39, 0.29) is 12.0 Å². The van der Waals surface area contributed by atoms with Crippen molar-refractivity contribution in [1.82, 2.24) is 4.90 Å². The molecule has 0 aromatic carbocycles. The second kappa shape index (κ2) is 5.29. The maximum absolute atomic E-state index is 11.4. The van der Waals surface area contributed by atoms with Gasteiger partial charge < -0.3 is 10.0 Å². The molecule has 1 amide bonds. The third kappa shape index (κ3) is 3.40. The number of rotatable bonds is 2. The molecule has 4 heteroatoms. The smallest absolute Gasteiger partial charge is 0.247 e. The van der Waals surface area contributed by atoms with Crippen LogP contribution in [-0.2, 0) is 4.79 Å². The van der Waals surface area contributed by atoms with E-state index >= 15 is 0 Å². The molecule has 13 heavy (non-hydrogen) atoms. The summed E-state index contributed by atoms with van der Waals surface area (Å²) < 4.78 is 0. The molecule has 0 saturated carbocycles. The molecule has 74 valence electrons. The fourth-order valence-corrected chi connectivity index (χ4v) is 1.64. The quantitative estimate of drug-likeness (QED) is 0.673. The maximum Gasteiger partial charge on any atom is 0.247 e. The number of carbonyl (C=O) groups excluding carboxylic acids is 1. The van der Waals surface area contributed by atoms with Crippen molar-refractivity contribution < 1.29 is 9.90 Å². The van der Waals surface area contributed by atoms with Gasteiger partial charge in [0.15, 0.2) is 0 Å². The largest absolute Gasteiger partial charge is 0.391 e. The van der Waals surface area contributed by atoms with Gasteiger partial charge in [0.2, 0.25) is 5.91 Å². The lowest BCUT2D eigenvalue weighted by Crippen LogP contribution is -2.41. The van der Waals surface area contributed by atoms with Crippen LogP contribution in [0.1, 0.15) is 12.8 Å². The number of aliphatic hydroxyl groups excluding tert-OH is 1. The molecular formula is C9H15NO2S. The van der Waals surface area contributed by atoms with Gasteiger partial charge in [0.25, 0.3) is 0 Å². The lowest BCUT2D eigenvalue weighted by molar-refractivity contribution is -0.128. The molecule has 1 aliphatic rings. The summed E-state index contributed by atoms with van der Waals surface area (Å²) in [6.07, 6.45) is 4.86. The molecule has 1 N–H and O–H groups in total. The van der Waals surface area contributed by atoms with E-state index in [0.717, 1.165) is 19.4 Å². The fourth-order valence-electron chi connectivity index (χ4n) is 1.39. The molecule has 0 spiro atoms. The van der Waals surface area contributed by atoms with Crippen molar-refractivity contribution in [3.05, 3.63) is 11.5 Å². The Kier molecular flexibility index (Phi) is 4.32. The van der Waals surface area contributed by atoms with Crippen molar-refractivity contribution in [2.45, 2.75) is 18.9 Å². The van der Waals surface area contributed by atoms with Gasteiger partial charge in [-0.25, -0.2) is 0 Å². The molecule has 0 aliphatic carbocycles. The molecule has 0 bridgehead atoms. The molecule has 0 aromatic rings. The monoisotopic (exact) mass is 201 g/mol. The number of amides is 1. The fraction of sp³-hybridized carbons (Fsp3) is 0.667. The Labute approximate surface area is 82.8 Å². The SMILES string of the molecule is CS/C=C/C(=O)N1CCC[C@H](O)C1. The Morgan fingerprint density at radius 3 is 3.08 bits per heavy atom. The van der Waals surface area contributed by atoms with Crippen LogP contribution in [0.15, 0.2) is 11.5 Å². The van der Waals surface area contributed by atoms with Crippen LogP contribution in [0.5, 0.6) is 0 Å². The Hall–Kier alpha value is -0.480. The highest BCUT2D eigenvalue weighted by Crippen LogP contribution is 2.10. The minimum Gasteiger partial charge on any atom is -0.391 e. The van der Waals surface area contributed by atoms with E-state index in [1.54, 1.807) is 16.4 Å². The van der Waals surface area contributed by atoms with Crippen LogP contribution >= 0.6 is 11.8 Å². The van der Waals surface area contributed by atoms with Crippen LogP contribution in [0.3, 0.4) is 0 Å². The van der Waals surface area contributed by atoms with E-state index < -0.39 is 0 Å². The number of β-amino-alcohol motifs (C(OH)–C–C–N with tert-alkyl or cyclic N) is 1. The van der Waals surface area contributed by atoms with Crippen LogP contribution < -0.4 is 0 Å². The number of carbonyl (C=O) groups is 1. The minimum atomic E-state index is -0.333. The van der Waals surface area contributed by atoms with Gasteiger partial charge in [0.05, 0.1) is 6.10 Å². The minimum absolute atomic E-state index is 0.00750. The van der Waals surface area contributed by atoms with Crippen molar-refractivity contribution in [3.8, 4) is 0 Å². The summed E-state index contributed by atoms with van der Waals surface area (Å²) in [4.78, 5) is 13.1. The summed E-state index contributed by atoms with van der Waals surface area (Å²) >= 11 is 1.50. The first-order chi connectivity index (χ1) is 6.24. The van der Waals surface area contributed by atoms with Crippen molar-refractivity contribution in [2.24, 2.45) is 0 Å². The van der Waals surface area contributed by atoms with Gasteiger partial charge in [-0.15, -0.1) is 11.8 Å². The second-order valence-corrected chi connectivity index (χ2v) is 3.86. The third-order valence-electron chi connectivity index (χ3n) is 2.05. The van der Waals surface area contributed by atoms with Crippen molar-refractivity contribution in [2.75, 3.05) is 19.3 Å². The van der Waals surface area contributed by atoms with Crippen LogP contribution in [0.25, 0.3) is 0 Å². The summed E-state index contributed by atoms with van der Waals surface area (Å²) in [6, 6.07) is 0. The first-order valence-corrected chi connectivity index (χ1v) is 5.69. The lowest BCUT2D eigenvalue weighted by Gasteiger charge is -2.29. The molecule has 1 aliphatic heterocycles. The molecule has 1 rings (SSSR count). The number of hydrogen-bond donors (Lipinski definition) is 1. The topological polar surface area (TPSA) is 40.5 Å². The number of piperidine rings is 1. The maximum atomic E-state index is 11.4. The standard InChI is InChI=1S/C9H15NO2S/c1-13-6-4-9(12)10-5-2-3-8(11)7-10/h4,6,8,11H,2-3,5,7H2,1H3/b6-4+/t8-/m0/s1. The lowest BCUT2D eigenvalue weighted by atomic mass is 10.1. The second-order valence-electron chi connectivity index (χ2n) is 3.12. The molecule has 3 nitrogen and oxygen atoms in total. The van der Waals surface area contributed by atoms with Gasteiger partial charge in [0.1, 0.15) is 0 Å². The van der Waals surface area contributed by atoms with Crippen LogP contribution in [0, 0.1) is 0 Å². The number of nitrogens with zero attached hydrogens (tertiary/aromatic N) is 1. The first-order valence-electron chi connectivity index (χ1n) is 4.40. The van der Waals surface area contributed by atoms with Gasteiger partial charge in [-0.1, -0.05) is 0 Å². The van der Waals surface area contributed by atoms with E-state index in [9.17, 15) is 9.90 Å². The highest BCUT2D eigenvalue weighted by atomic mass is 32.2. The molecule has 1 atom stereocenters. The summed E-state index contributed by atoms with van der Waals surface area (Å²) in [7, 11) is 0. The Morgan fingerprint density at radius 2 is 2.46 bits per heavy atom. The highest BCUT2D eigenvalue weighted by molar-refractivity contribution is 8.01. The van der Waals surface area contributed by atoms with E-state index in [4.69, 9.17) is 0 Å². The van der Waals surface area contributed by atoms with Crippen molar-refractivity contribution in [1.29, 1.82) is 0 Å². The Bertz CT molecular complexity index is 206. The normalized spacial score (nSPS) is 23.8. The summed E-state index contributed by atoms with van der Waals surface area (Å²) in [5, 5.41) is 11.1. The summed E-state index contributed by atoms with van der Waals surface area (Å²) in [5.74, 6) is 0.00750. The van der Waals surface area contributed by atoms with Gasteiger partial charge in [0, 0.05) is 19.2 Å². The first kappa shape index (κ1) is 10.6. The van der Waals surface area contributed by atoms with E-state index in [0.29, 0.717) is 6.54 Å².